The van der Waals surface area contributed by atoms with Gasteiger partial charge in [-0.25, -0.2) is 4.39 Å². The smallest absolute Gasteiger partial charge is 0.166 e. The van der Waals surface area contributed by atoms with Crippen LogP contribution in [0.1, 0.15) is 18.5 Å². The first-order valence-corrected chi connectivity index (χ1v) is 4.71. The van der Waals surface area contributed by atoms with Crippen molar-refractivity contribution in [1.82, 2.24) is 4.90 Å². The summed E-state index contributed by atoms with van der Waals surface area (Å²) in [6.45, 7) is 1.86. The number of hydrogen-bond acceptors (Lipinski definition) is 1. The molecule has 1 rings (SSSR count). The summed E-state index contributed by atoms with van der Waals surface area (Å²) in [5.74, 6) is -0.233. The van der Waals surface area contributed by atoms with Gasteiger partial charge in [0.2, 0.25) is 0 Å². The SMILES string of the molecule is CC(c1ccccc1F)N(C)C(N)=S. The van der Waals surface area contributed by atoms with Crippen LogP contribution in [0.5, 0.6) is 0 Å². The van der Waals surface area contributed by atoms with Crippen molar-refractivity contribution in [3.8, 4) is 0 Å². The van der Waals surface area contributed by atoms with Crippen LogP contribution in [0.3, 0.4) is 0 Å². The molecule has 1 unspecified atom stereocenters. The van der Waals surface area contributed by atoms with Crippen LogP contribution in [0.15, 0.2) is 24.3 Å². The molecule has 1 aromatic rings. The van der Waals surface area contributed by atoms with Crippen LogP contribution in [0, 0.1) is 5.82 Å². The van der Waals surface area contributed by atoms with Gasteiger partial charge in [-0.05, 0) is 25.2 Å². The molecule has 0 saturated heterocycles. The summed E-state index contributed by atoms with van der Waals surface area (Å²) in [6.07, 6.45) is 0. The fourth-order valence-electron chi connectivity index (χ4n) is 1.21. The fraction of sp³-hybridized carbons (Fsp3) is 0.300. The zero-order valence-electron chi connectivity index (χ0n) is 8.20. The van der Waals surface area contributed by atoms with E-state index in [4.69, 9.17) is 18.0 Å². The maximum absolute atomic E-state index is 13.4. The third-order valence-corrected chi connectivity index (χ3v) is 2.57. The molecule has 0 aliphatic rings. The molecule has 4 heteroatoms. The van der Waals surface area contributed by atoms with Crippen molar-refractivity contribution in [2.24, 2.45) is 5.73 Å². The van der Waals surface area contributed by atoms with Crippen molar-refractivity contribution >= 4 is 17.3 Å². The van der Waals surface area contributed by atoms with E-state index in [1.165, 1.54) is 6.07 Å². The topological polar surface area (TPSA) is 29.3 Å². The highest BCUT2D eigenvalue weighted by molar-refractivity contribution is 7.80. The quantitative estimate of drug-likeness (QED) is 0.761. The van der Waals surface area contributed by atoms with Crippen LogP contribution >= 0.6 is 12.2 Å². The molecule has 1 atom stereocenters. The van der Waals surface area contributed by atoms with Crippen molar-refractivity contribution < 1.29 is 4.39 Å². The molecule has 0 amide bonds. The Morgan fingerprint density at radius 2 is 2.07 bits per heavy atom. The molecular formula is C10H13FN2S. The van der Waals surface area contributed by atoms with Crippen molar-refractivity contribution in [2.75, 3.05) is 7.05 Å². The minimum atomic E-state index is -0.233. The summed E-state index contributed by atoms with van der Waals surface area (Å²) in [6, 6.07) is 6.47. The van der Waals surface area contributed by atoms with Gasteiger partial charge in [0.15, 0.2) is 5.11 Å². The van der Waals surface area contributed by atoms with Gasteiger partial charge in [0.1, 0.15) is 5.82 Å². The second-order valence-corrected chi connectivity index (χ2v) is 3.56. The Labute approximate surface area is 88.5 Å². The minimum Gasteiger partial charge on any atom is -0.376 e. The lowest BCUT2D eigenvalue weighted by Crippen LogP contribution is -2.34. The number of halogens is 1. The highest BCUT2D eigenvalue weighted by Gasteiger charge is 2.15. The molecule has 0 bridgehead atoms. The Balaban J connectivity index is 2.94. The molecule has 0 aliphatic carbocycles. The number of thiocarbonyl (C=S) groups is 1. The Hall–Kier alpha value is -1.16. The molecule has 76 valence electrons. The lowest BCUT2D eigenvalue weighted by Gasteiger charge is -2.25. The molecule has 0 radical (unpaired) electrons. The zero-order valence-corrected chi connectivity index (χ0v) is 9.01. The number of benzene rings is 1. The van der Waals surface area contributed by atoms with Crippen molar-refractivity contribution in [3.63, 3.8) is 0 Å². The van der Waals surface area contributed by atoms with Crippen molar-refractivity contribution in [3.05, 3.63) is 35.6 Å². The molecule has 2 nitrogen and oxygen atoms in total. The standard InChI is InChI=1S/C10H13FN2S/c1-7(13(2)10(12)14)8-5-3-4-6-9(8)11/h3-7H,1-2H3,(H2,12,14). The predicted molar refractivity (Wildman–Crippen MR) is 59.4 cm³/mol. The second kappa shape index (κ2) is 4.37. The van der Waals surface area contributed by atoms with E-state index in [2.05, 4.69) is 0 Å². The van der Waals surface area contributed by atoms with Gasteiger partial charge in [-0.15, -0.1) is 0 Å². The third-order valence-electron chi connectivity index (χ3n) is 2.28. The van der Waals surface area contributed by atoms with Crippen LogP contribution in [-0.2, 0) is 0 Å². The van der Waals surface area contributed by atoms with E-state index < -0.39 is 0 Å². The molecule has 0 heterocycles. The number of nitrogens with two attached hydrogens (primary N) is 1. The first kappa shape index (κ1) is 10.9. The van der Waals surface area contributed by atoms with Crippen LogP contribution in [-0.4, -0.2) is 17.1 Å². The highest BCUT2D eigenvalue weighted by Crippen LogP contribution is 2.20. The maximum Gasteiger partial charge on any atom is 0.166 e. The van der Waals surface area contributed by atoms with Gasteiger partial charge in [-0.3, -0.25) is 0 Å². The summed E-state index contributed by atoms with van der Waals surface area (Å²) >= 11 is 4.82. The molecule has 2 N–H and O–H groups in total. The van der Waals surface area contributed by atoms with E-state index in [9.17, 15) is 4.39 Å². The van der Waals surface area contributed by atoms with Gasteiger partial charge >= 0.3 is 0 Å². The van der Waals surface area contributed by atoms with E-state index in [1.807, 2.05) is 6.92 Å². The Morgan fingerprint density at radius 1 is 1.50 bits per heavy atom. The number of hydrogen-bond donors (Lipinski definition) is 1. The molecule has 0 spiro atoms. The summed E-state index contributed by atoms with van der Waals surface area (Å²) in [7, 11) is 1.75. The summed E-state index contributed by atoms with van der Waals surface area (Å²) < 4.78 is 13.4. The summed E-state index contributed by atoms with van der Waals surface area (Å²) in [5.41, 5.74) is 6.06. The largest absolute Gasteiger partial charge is 0.376 e. The summed E-state index contributed by atoms with van der Waals surface area (Å²) in [5, 5.41) is 0.265. The van der Waals surface area contributed by atoms with Gasteiger partial charge in [0.05, 0.1) is 6.04 Å². The van der Waals surface area contributed by atoms with Gasteiger partial charge in [-0.2, -0.15) is 0 Å². The Morgan fingerprint density at radius 3 is 2.57 bits per heavy atom. The van der Waals surface area contributed by atoms with E-state index in [-0.39, 0.29) is 17.0 Å². The van der Waals surface area contributed by atoms with Gasteiger partial charge in [0, 0.05) is 12.6 Å². The summed E-state index contributed by atoms with van der Waals surface area (Å²) in [4.78, 5) is 1.66. The molecule has 0 aliphatic heterocycles. The third kappa shape index (κ3) is 2.20. The molecule has 0 aromatic heterocycles. The molecule has 0 fully saturated rings. The maximum atomic E-state index is 13.4. The highest BCUT2D eigenvalue weighted by atomic mass is 32.1. The minimum absolute atomic E-state index is 0.145. The number of rotatable bonds is 2. The zero-order chi connectivity index (χ0) is 10.7. The number of nitrogens with zero attached hydrogens (tertiary/aromatic N) is 1. The molecule has 0 saturated carbocycles. The van der Waals surface area contributed by atoms with Gasteiger partial charge in [-0.1, -0.05) is 18.2 Å². The molecular weight excluding hydrogens is 199 g/mol. The molecule has 1 aromatic carbocycles. The van der Waals surface area contributed by atoms with Crippen LogP contribution in [0.2, 0.25) is 0 Å². The predicted octanol–water partition coefficient (Wildman–Crippen LogP) is 2.06. The van der Waals surface area contributed by atoms with Gasteiger partial charge in [0.25, 0.3) is 0 Å². The van der Waals surface area contributed by atoms with Crippen molar-refractivity contribution in [1.29, 1.82) is 0 Å². The second-order valence-electron chi connectivity index (χ2n) is 3.15. The van der Waals surface area contributed by atoms with E-state index in [1.54, 1.807) is 30.1 Å². The van der Waals surface area contributed by atoms with E-state index in [0.717, 1.165) is 0 Å². The van der Waals surface area contributed by atoms with Crippen molar-refractivity contribution in [2.45, 2.75) is 13.0 Å². The van der Waals surface area contributed by atoms with Gasteiger partial charge < -0.3 is 10.6 Å². The molecule has 14 heavy (non-hydrogen) atoms. The Bertz CT molecular complexity index is 341. The Kier molecular flexibility index (Phi) is 3.41. The first-order chi connectivity index (χ1) is 6.54. The first-order valence-electron chi connectivity index (χ1n) is 4.30. The van der Waals surface area contributed by atoms with Crippen LogP contribution < -0.4 is 5.73 Å². The van der Waals surface area contributed by atoms with E-state index in [0.29, 0.717) is 5.56 Å². The fourth-order valence-corrected chi connectivity index (χ4v) is 1.37. The normalized spacial score (nSPS) is 12.2. The van der Waals surface area contributed by atoms with Crippen LogP contribution in [0.4, 0.5) is 4.39 Å². The lowest BCUT2D eigenvalue weighted by atomic mass is 10.1. The average Bonchev–Trinajstić information content (AvgIpc) is 2.16. The lowest BCUT2D eigenvalue weighted by molar-refractivity contribution is 0.391. The van der Waals surface area contributed by atoms with Crippen LogP contribution in [0.25, 0.3) is 0 Å². The monoisotopic (exact) mass is 212 g/mol. The van der Waals surface area contributed by atoms with E-state index >= 15 is 0 Å². The average molecular weight is 212 g/mol.